The molecule has 6 N–H and O–H groups in total. The van der Waals surface area contributed by atoms with E-state index >= 15 is 9.59 Å². The van der Waals surface area contributed by atoms with Crippen LogP contribution in [0.3, 0.4) is 0 Å². The van der Waals surface area contributed by atoms with Crippen LogP contribution in [0.4, 0.5) is 0 Å². The number of aliphatic hydroxyl groups is 1. The second-order valence-corrected chi connectivity index (χ2v) is 23.3. The number of hydrogen-bond donors (Lipinski definition) is 5. The van der Waals surface area contributed by atoms with E-state index in [-0.39, 0.29) is 55.4 Å². The molecule has 11 atom stereocenters. The molecule has 0 saturated carbocycles. The monoisotopic (exact) mass is 1130 g/mol. The number of nitrogens with zero attached hydrogens (tertiary/aromatic N) is 7. The topological polar surface area (TPSA) is 293 Å². The lowest BCUT2D eigenvalue weighted by Crippen LogP contribution is -2.63. The van der Waals surface area contributed by atoms with E-state index in [0.717, 1.165) is 9.80 Å². The van der Waals surface area contributed by atoms with E-state index in [1.54, 1.807) is 67.5 Å². The van der Waals surface area contributed by atoms with E-state index in [0.29, 0.717) is 12.8 Å². The van der Waals surface area contributed by atoms with Gasteiger partial charge >= 0.3 is 0 Å². The van der Waals surface area contributed by atoms with Gasteiger partial charge in [-0.2, -0.15) is 0 Å². The van der Waals surface area contributed by atoms with E-state index in [4.69, 9.17) is 5.73 Å². The Morgan fingerprint density at radius 1 is 0.500 bits per heavy atom. The van der Waals surface area contributed by atoms with Gasteiger partial charge in [0.1, 0.15) is 48.3 Å². The lowest BCUT2D eigenvalue weighted by atomic mass is 9.91. The lowest BCUT2D eigenvalue weighted by Gasteiger charge is -2.41. The zero-order chi connectivity index (χ0) is 62.5. The molecule has 458 valence electrons. The summed E-state index contributed by atoms with van der Waals surface area (Å²) in [5.41, 5.74) is 5.64. The molecular formula is C57H103N11O12. The molecule has 0 aromatic heterocycles. The fourth-order valence-corrected chi connectivity index (χ4v) is 9.54. The number of carbonyl (C=O) groups excluding carboxylic acids is 11. The third-order valence-electron chi connectivity index (χ3n) is 14.7. The van der Waals surface area contributed by atoms with Gasteiger partial charge in [0.15, 0.2) is 0 Å². The van der Waals surface area contributed by atoms with Crippen LogP contribution in [0.25, 0.3) is 0 Å². The number of primary amides is 1. The largest absolute Gasteiger partial charge is 0.390 e. The number of carbonyl (C=O) groups is 11. The molecule has 2 unspecified atom stereocenters. The van der Waals surface area contributed by atoms with Gasteiger partial charge in [0.25, 0.3) is 0 Å². The molecule has 0 saturated heterocycles. The van der Waals surface area contributed by atoms with Crippen LogP contribution < -0.4 is 21.7 Å². The van der Waals surface area contributed by atoms with Crippen molar-refractivity contribution in [1.82, 2.24) is 50.2 Å². The first-order valence-electron chi connectivity index (χ1n) is 28.2. The van der Waals surface area contributed by atoms with Crippen LogP contribution >= 0.6 is 0 Å². The summed E-state index contributed by atoms with van der Waals surface area (Å²) in [5.74, 6) is -8.89. The lowest BCUT2D eigenvalue weighted by molar-refractivity contribution is -0.157. The van der Waals surface area contributed by atoms with E-state index < -0.39 is 132 Å². The van der Waals surface area contributed by atoms with Crippen molar-refractivity contribution in [2.45, 2.75) is 190 Å². The van der Waals surface area contributed by atoms with Crippen LogP contribution in [0, 0.1) is 35.5 Å². The SMILES string of the molecule is C/C=C\C[C@@H](C)[C@H](O)C(C(=O)N[C@@H](CC)C(=O)N(C)CC(=O)N(C)[C@H](C(N)=O)C(C)CC)N(C)C(=O)[C@@H](C(C)C)N(C)C(=O)[C@@H](CC(C)C)N(C)C(=O)[C@@H](CC(C)C)N(C)C(=O)[C@H](C)NC(=O)[C@@H](C)NC(=O)CN(C)C(=O)C(C)C. The molecule has 23 nitrogen and oxygen atoms in total. The van der Waals surface area contributed by atoms with Crippen LogP contribution in [0.2, 0.25) is 0 Å². The summed E-state index contributed by atoms with van der Waals surface area (Å²) >= 11 is 0. The Morgan fingerprint density at radius 3 is 1.41 bits per heavy atom. The van der Waals surface area contributed by atoms with Gasteiger partial charge in [-0.25, -0.2) is 0 Å². The molecule has 23 heteroatoms. The van der Waals surface area contributed by atoms with Crippen LogP contribution in [-0.2, 0) is 52.7 Å². The Bertz CT molecular complexity index is 2150. The molecule has 0 heterocycles. The summed E-state index contributed by atoms with van der Waals surface area (Å²) in [6, 6.07) is -9.51. The summed E-state index contributed by atoms with van der Waals surface area (Å²) in [5, 5.41) is 19.8. The second-order valence-electron chi connectivity index (χ2n) is 23.3. The Kier molecular flexibility index (Phi) is 31.6. The van der Waals surface area contributed by atoms with Gasteiger partial charge in [-0.05, 0) is 76.0 Å². The highest BCUT2D eigenvalue weighted by molar-refractivity contribution is 5.98. The summed E-state index contributed by atoms with van der Waals surface area (Å²) in [6.07, 6.45) is 3.34. The van der Waals surface area contributed by atoms with Gasteiger partial charge in [0.2, 0.25) is 65.0 Å². The minimum absolute atomic E-state index is 0.0557. The first kappa shape index (κ1) is 73.9. The molecule has 0 aliphatic rings. The number of allylic oxidation sites excluding steroid dienone is 2. The molecule has 0 spiro atoms. The molecule has 11 amide bonds. The van der Waals surface area contributed by atoms with Gasteiger partial charge in [0.05, 0.1) is 19.2 Å². The molecule has 0 bridgehead atoms. The number of rotatable bonds is 33. The minimum atomic E-state index is -1.59. The Hall–Kier alpha value is -6.13. The highest BCUT2D eigenvalue weighted by Crippen LogP contribution is 2.25. The molecule has 0 aliphatic heterocycles. The normalized spacial score (nSPS) is 15.7. The highest BCUT2D eigenvalue weighted by atomic mass is 16.3. The van der Waals surface area contributed by atoms with Crippen molar-refractivity contribution in [2.75, 3.05) is 62.4 Å². The third kappa shape index (κ3) is 21.4. The van der Waals surface area contributed by atoms with Gasteiger partial charge in [-0.1, -0.05) is 102 Å². The first-order chi connectivity index (χ1) is 36.9. The van der Waals surface area contributed by atoms with Gasteiger partial charge < -0.3 is 61.1 Å². The summed E-state index contributed by atoms with van der Waals surface area (Å²) in [6.45, 7) is 25.2. The van der Waals surface area contributed by atoms with Crippen molar-refractivity contribution in [3.63, 3.8) is 0 Å². The molecule has 0 fully saturated rings. The molecule has 0 aromatic carbocycles. The van der Waals surface area contributed by atoms with E-state index in [9.17, 15) is 48.3 Å². The first-order valence-corrected chi connectivity index (χ1v) is 28.2. The van der Waals surface area contributed by atoms with Crippen molar-refractivity contribution < 1.29 is 57.8 Å². The molecule has 0 rings (SSSR count). The Morgan fingerprint density at radius 2 is 0.975 bits per heavy atom. The van der Waals surface area contributed by atoms with Crippen LogP contribution in [0.15, 0.2) is 12.2 Å². The van der Waals surface area contributed by atoms with E-state index in [1.807, 2.05) is 34.6 Å². The van der Waals surface area contributed by atoms with Crippen LogP contribution in [0.5, 0.6) is 0 Å². The quantitative estimate of drug-likeness (QED) is 0.0589. The van der Waals surface area contributed by atoms with Crippen molar-refractivity contribution in [3.05, 3.63) is 12.2 Å². The molecule has 0 aromatic rings. The van der Waals surface area contributed by atoms with Crippen molar-refractivity contribution in [1.29, 1.82) is 0 Å². The number of hydrogen-bond acceptors (Lipinski definition) is 12. The second kappa shape index (κ2) is 34.2. The zero-order valence-corrected chi connectivity index (χ0v) is 52.4. The summed E-state index contributed by atoms with van der Waals surface area (Å²) < 4.78 is 0. The van der Waals surface area contributed by atoms with Gasteiger partial charge in [-0.15, -0.1) is 0 Å². The Labute approximate surface area is 477 Å². The predicted octanol–water partition coefficient (Wildman–Crippen LogP) is 1.84. The van der Waals surface area contributed by atoms with Crippen molar-refractivity contribution in [3.8, 4) is 0 Å². The molecule has 0 aliphatic carbocycles. The zero-order valence-electron chi connectivity index (χ0n) is 52.4. The summed E-state index contributed by atoms with van der Waals surface area (Å²) in [4.78, 5) is 160. The number of nitrogens with two attached hydrogens (primary N) is 1. The fraction of sp³-hybridized carbons (Fsp3) is 0.772. The van der Waals surface area contributed by atoms with Gasteiger partial charge in [0, 0.05) is 55.3 Å². The maximum Gasteiger partial charge on any atom is 0.246 e. The maximum absolute atomic E-state index is 15.0. The number of amides is 11. The maximum atomic E-state index is 15.0. The highest BCUT2D eigenvalue weighted by Gasteiger charge is 2.45. The molecule has 0 radical (unpaired) electrons. The number of aliphatic hydroxyl groups excluding tert-OH is 1. The molecule has 80 heavy (non-hydrogen) atoms. The van der Waals surface area contributed by atoms with E-state index in [2.05, 4.69) is 16.0 Å². The Balaban J connectivity index is 7.01. The smallest absolute Gasteiger partial charge is 0.246 e. The van der Waals surface area contributed by atoms with Crippen molar-refractivity contribution >= 4 is 65.0 Å². The summed E-state index contributed by atoms with van der Waals surface area (Å²) in [7, 11) is 9.94. The standard InChI is InChI=1S/C57H103N11O12/c1-23-26-27-37(13)48(71)47(51(74)61-40(25-3)54(77)63(17)31-44(70)66(20)46(49(58)72)36(12)24-2)68(22)57(80)45(34(8)9)67(21)56(79)42(29-33(6)7)65(19)55(78)41(28-32(4)5)64(18)53(76)39(15)60-50(73)38(14)59-43(69)30-62(16)52(75)35(10)11/h23,26,32-42,45-48,71H,24-25,27-31H2,1-22H3,(H2,58,72)(H,59,69)(H,60,73)(H,61,74)/b26-23-/t36?,37-,38-,39+,40+,41-,42-,45-,46+,47?,48+/m1/s1. The number of likely N-dealkylation sites (N-methyl/N-ethyl adjacent to an activating group) is 7. The minimum Gasteiger partial charge on any atom is -0.390 e. The van der Waals surface area contributed by atoms with Gasteiger partial charge in [-0.3, -0.25) is 52.7 Å². The average Bonchev–Trinajstić information content (AvgIpc) is 3.37. The average molecular weight is 1130 g/mol. The molecular weight excluding hydrogens is 1030 g/mol. The van der Waals surface area contributed by atoms with E-state index in [1.165, 1.54) is 87.7 Å². The number of nitrogens with one attached hydrogen (secondary N) is 3. The van der Waals surface area contributed by atoms with Crippen LogP contribution in [-0.4, -0.2) is 221 Å². The van der Waals surface area contributed by atoms with Crippen molar-refractivity contribution in [2.24, 2.45) is 41.2 Å². The van der Waals surface area contributed by atoms with Crippen LogP contribution in [0.1, 0.15) is 136 Å². The fourth-order valence-electron chi connectivity index (χ4n) is 9.54. The third-order valence-corrected chi connectivity index (χ3v) is 14.7. The predicted molar refractivity (Wildman–Crippen MR) is 307 cm³/mol.